The molecule has 3 heterocycles. The smallest absolute Gasteiger partial charge is 0.407 e. The number of rotatable bonds is 13. The number of piperidine rings is 1. The second-order valence-electron chi connectivity index (χ2n) is 18.7. The number of carbonyl (C=O) groups excluding carboxylic acids is 4. The SMILES string of the molecule is COC(=O)N[C@H](C(=O)N1[C@@H]2C[C@@H]2C[C@H]1c1nc2ccc(-c3ccc4cc(-c5ccc6nc(CC[C@H]7[C@@H](C)[C@H]7NC(=O)[C@H](NC(=O)OC)c7ccccc7)[nH]c6c5)ccc4c3)cc2[nH]1)c1ccccc1. The van der Waals surface area contributed by atoms with Crippen LogP contribution in [0.1, 0.15) is 67.1 Å². The highest BCUT2D eigenvalue weighted by Crippen LogP contribution is 2.54. The van der Waals surface area contributed by atoms with Gasteiger partial charge in [-0.1, -0.05) is 104 Å². The monoisotopic (exact) mass is 920 g/mol. The lowest BCUT2D eigenvalue weighted by atomic mass is 9.97. The maximum absolute atomic E-state index is 14.3. The largest absolute Gasteiger partial charge is 0.453 e. The van der Waals surface area contributed by atoms with Gasteiger partial charge in [-0.3, -0.25) is 9.59 Å². The highest BCUT2D eigenvalue weighted by molar-refractivity contribution is 5.94. The third kappa shape index (κ3) is 8.62. The molecule has 1 saturated heterocycles. The first-order chi connectivity index (χ1) is 33.6. The van der Waals surface area contributed by atoms with Gasteiger partial charge in [0.05, 0.1) is 42.3 Å². The third-order valence-electron chi connectivity index (χ3n) is 14.5. The molecule has 6 aromatic carbocycles. The van der Waals surface area contributed by atoms with Crippen molar-refractivity contribution in [3.63, 3.8) is 0 Å². The van der Waals surface area contributed by atoms with E-state index >= 15 is 0 Å². The van der Waals surface area contributed by atoms with Crippen molar-refractivity contribution in [2.75, 3.05) is 14.2 Å². The number of amides is 4. The van der Waals surface area contributed by atoms with Gasteiger partial charge in [-0.25, -0.2) is 19.6 Å². The van der Waals surface area contributed by atoms with Crippen LogP contribution in [-0.2, 0) is 25.5 Å². The number of hydrogen-bond acceptors (Lipinski definition) is 8. The Hall–Kier alpha value is -8.00. The van der Waals surface area contributed by atoms with Crippen molar-refractivity contribution in [1.82, 2.24) is 40.8 Å². The average Bonchev–Trinajstić information content (AvgIpc) is 4.01. The normalized spacial score (nSPS) is 21.1. The average molecular weight is 921 g/mol. The molecular weight excluding hydrogens is 869 g/mol. The number of fused-ring (bicyclic) bond motifs is 4. The van der Waals surface area contributed by atoms with Crippen molar-refractivity contribution in [3.05, 3.63) is 156 Å². The molecule has 348 valence electrons. The molecule has 69 heavy (non-hydrogen) atoms. The van der Waals surface area contributed by atoms with E-state index in [1.54, 1.807) is 0 Å². The van der Waals surface area contributed by atoms with Gasteiger partial charge in [0.25, 0.3) is 5.91 Å². The number of imidazole rings is 2. The molecule has 0 bridgehead atoms. The van der Waals surface area contributed by atoms with Gasteiger partial charge in [0.2, 0.25) is 5.91 Å². The van der Waals surface area contributed by atoms with E-state index in [-0.39, 0.29) is 29.9 Å². The molecule has 0 spiro atoms. The van der Waals surface area contributed by atoms with Gasteiger partial charge in [-0.2, -0.15) is 0 Å². The number of methoxy groups -OCH3 is 2. The van der Waals surface area contributed by atoms with Crippen LogP contribution in [0.25, 0.3) is 55.1 Å². The minimum absolute atomic E-state index is 0.00915. The van der Waals surface area contributed by atoms with Gasteiger partial charge < -0.3 is 40.3 Å². The topological polar surface area (TPSA) is 183 Å². The van der Waals surface area contributed by atoms with Crippen molar-refractivity contribution in [3.8, 4) is 22.3 Å². The second-order valence-corrected chi connectivity index (χ2v) is 18.7. The van der Waals surface area contributed by atoms with Crippen LogP contribution in [0.15, 0.2) is 133 Å². The number of likely N-dealkylation sites (tertiary alicyclic amines) is 1. The van der Waals surface area contributed by atoms with Crippen molar-refractivity contribution in [1.29, 1.82) is 0 Å². The molecule has 2 saturated carbocycles. The number of hydrogen-bond donors (Lipinski definition) is 5. The van der Waals surface area contributed by atoms with Crippen LogP contribution in [0.3, 0.4) is 0 Å². The zero-order chi connectivity index (χ0) is 47.3. The fourth-order valence-electron chi connectivity index (χ4n) is 10.5. The Labute approximate surface area is 398 Å². The van der Waals surface area contributed by atoms with Crippen molar-refractivity contribution < 1.29 is 28.7 Å². The van der Waals surface area contributed by atoms with E-state index < -0.39 is 24.3 Å². The van der Waals surface area contributed by atoms with E-state index in [2.05, 4.69) is 99.6 Å². The van der Waals surface area contributed by atoms with Crippen LogP contribution in [0.2, 0.25) is 0 Å². The Bertz CT molecular complexity index is 3260. The summed E-state index contributed by atoms with van der Waals surface area (Å²) in [6.07, 6.45) is 2.05. The van der Waals surface area contributed by atoms with Crippen LogP contribution < -0.4 is 16.0 Å². The molecule has 1 aliphatic heterocycles. The number of aryl methyl sites for hydroxylation is 1. The second kappa shape index (κ2) is 17.9. The Kier molecular flexibility index (Phi) is 11.3. The molecule has 11 rings (SSSR count). The van der Waals surface area contributed by atoms with Crippen LogP contribution in [-0.4, -0.2) is 75.1 Å². The van der Waals surface area contributed by atoms with E-state index in [1.165, 1.54) is 14.2 Å². The Balaban J connectivity index is 0.753. The van der Waals surface area contributed by atoms with Crippen LogP contribution in [0.4, 0.5) is 9.59 Å². The molecule has 14 heteroatoms. The molecule has 2 aliphatic carbocycles. The van der Waals surface area contributed by atoms with E-state index in [0.717, 1.165) is 92.4 Å². The molecule has 0 unspecified atom stereocenters. The fourth-order valence-corrected chi connectivity index (χ4v) is 10.5. The zero-order valence-electron chi connectivity index (χ0n) is 38.4. The molecule has 8 aromatic rings. The first kappa shape index (κ1) is 43.6. The molecule has 3 fully saturated rings. The summed E-state index contributed by atoms with van der Waals surface area (Å²) in [5, 5.41) is 10.9. The third-order valence-corrected chi connectivity index (χ3v) is 14.5. The zero-order valence-corrected chi connectivity index (χ0v) is 38.4. The minimum Gasteiger partial charge on any atom is -0.453 e. The van der Waals surface area contributed by atoms with Crippen molar-refractivity contribution >= 4 is 56.8 Å². The summed E-state index contributed by atoms with van der Waals surface area (Å²) in [4.78, 5) is 71.0. The van der Waals surface area contributed by atoms with Crippen LogP contribution >= 0.6 is 0 Å². The number of nitrogens with zero attached hydrogens (tertiary/aromatic N) is 3. The number of aromatic nitrogens is 4. The molecular formula is C55H52N8O6. The first-order valence-corrected chi connectivity index (χ1v) is 23.6. The summed E-state index contributed by atoms with van der Waals surface area (Å²) >= 11 is 0. The molecule has 4 amide bonds. The summed E-state index contributed by atoms with van der Waals surface area (Å²) in [6, 6.07) is 42.3. The summed E-state index contributed by atoms with van der Waals surface area (Å²) in [5.74, 6) is 2.23. The number of alkyl carbamates (subject to hydrolysis) is 2. The Morgan fingerprint density at radius 3 is 1.84 bits per heavy atom. The summed E-state index contributed by atoms with van der Waals surface area (Å²) in [6.45, 7) is 2.14. The number of nitrogens with one attached hydrogen (secondary N) is 5. The lowest BCUT2D eigenvalue weighted by Crippen LogP contribution is -2.44. The lowest BCUT2D eigenvalue weighted by Gasteiger charge is -2.30. The van der Waals surface area contributed by atoms with Gasteiger partial charge in [-0.15, -0.1) is 0 Å². The Morgan fingerprint density at radius 2 is 1.22 bits per heavy atom. The van der Waals surface area contributed by atoms with Crippen LogP contribution in [0, 0.1) is 17.8 Å². The number of benzene rings is 6. The molecule has 3 aliphatic rings. The maximum Gasteiger partial charge on any atom is 0.407 e. The minimum atomic E-state index is -0.873. The number of H-pyrrole nitrogens is 2. The predicted molar refractivity (Wildman–Crippen MR) is 263 cm³/mol. The van der Waals surface area contributed by atoms with E-state index in [1.807, 2.05) is 71.6 Å². The van der Waals surface area contributed by atoms with Crippen LogP contribution in [0.5, 0.6) is 0 Å². The fraction of sp³-hybridized carbons (Fsp3) is 0.273. The summed E-state index contributed by atoms with van der Waals surface area (Å²) in [7, 11) is 2.58. The molecule has 14 nitrogen and oxygen atoms in total. The number of ether oxygens (including phenoxy) is 2. The highest BCUT2D eigenvalue weighted by atomic mass is 16.5. The number of carbonyl (C=O) groups is 4. The maximum atomic E-state index is 14.3. The van der Waals surface area contributed by atoms with Gasteiger partial charge in [0.15, 0.2) is 0 Å². The van der Waals surface area contributed by atoms with E-state index in [0.29, 0.717) is 28.9 Å². The standard InChI is InChI=1S/C55H52N8O6/c1-30-40(48(30)60-52(64)49(61-54(66)68-2)31-10-6-4-7-11-31)20-23-47-56-41-21-18-37(26-43(41)57-47)35-16-14-34-25-36(17-15-33(34)24-35)38-19-22-42-44(27-38)59-51(58-42)46-29-39-28-45(39)63(46)53(65)50(62-55(67)69-3)32-12-8-5-9-13-32/h4-19,21-22,24-27,30,39-40,45-46,48-50H,20,23,28-29H2,1-3H3,(H,56,57)(H,58,59)(H,60,64)(H,61,66)(H,62,67)/t30-,39-,40+,45-,46+,48-,49-,50+/m1/s1. The Morgan fingerprint density at radius 1 is 0.667 bits per heavy atom. The van der Waals surface area contributed by atoms with Gasteiger partial charge in [-0.05, 0) is 118 Å². The van der Waals surface area contributed by atoms with E-state index in [4.69, 9.17) is 19.4 Å². The number of aromatic amines is 2. The van der Waals surface area contributed by atoms with E-state index in [9.17, 15) is 19.2 Å². The lowest BCUT2D eigenvalue weighted by molar-refractivity contribution is -0.135. The quantitative estimate of drug-likeness (QED) is 0.0758. The van der Waals surface area contributed by atoms with Crippen molar-refractivity contribution in [2.24, 2.45) is 17.8 Å². The van der Waals surface area contributed by atoms with Gasteiger partial charge in [0.1, 0.15) is 23.7 Å². The summed E-state index contributed by atoms with van der Waals surface area (Å²) < 4.78 is 9.68. The van der Waals surface area contributed by atoms with Crippen molar-refractivity contribution in [2.45, 2.75) is 62.8 Å². The van der Waals surface area contributed by atoms with Gasteiger partial charge in [0, 0.05) is 18.5 Å². The predicted octanol–water partition coefficient (Wildman–Crippen LogP) is 9.47. The molecule has 0 radical (unpaired) electrons. The molecule has 5 N–H and O–H groups in total. The first-order valence-electron chi connectivity index (χ1n) is 23.6. The summed E-state index contributed by atoms with van der Waals surface area (Å²) in [5.41, 5.74) is 9.33. The molecule has 8 atom stereocenters. The molecule has 2 aromatic heterocycles. The van der Waals surface area contributed by atoms with Gasteiger partial charge >= 0.3 is 12.2 Å². The highest BCUT2D eigenvalue weighted by Gasteiger charge is 2.56.